The molecule has 2 aromatic heterocycles. The van der Waals surface area contributed by atoms with E-state index in [1.54, 1.807) is 18.0 Å². The van der Waals surface area contributed by atoms with Crippen LogP contribution in [0, 0.1) is 6.92 Å². The lowest BCUT2D eigenvalue weighted by Crippen LogP contribution is -1.96. The Morgan fingerprint density at radius 3 is 2.67 bits per heavy atom. The predicted octanol–water partition coefficient (Wildman–Crippen LogP) is 2.11. The van der Waals surface area contributed by atoms with Crippen LogP contribution in [0.25, 0.3) is 16.8 Å². The van der Waals surface area contributed by atoms with Crippen molar-refractivity contribution in [2.75, 3.05) is 7.11 Å². The third-order valence-electron chi connectivity index (χ3n) is 2.88. The lowest BCUT2D eigenvalue weighted by Gasteiger charge is -2.06. The van der Waals surface area contributed by atoms with Crippen LogP contribution in [0.1, 0.15) is 5.69 Å². The molecular formula is C13H12N4O. The molecule has 0 N–H and O–H groups in total. The minimum absolute atomic E-state index is 0.742. The van der Waals surface area contributed by atoms with Crippen LogP contribution in [-0.2, 0) is 0 Å². The van der Waals surface area contributed by atoms with E-state index in [1.807, 2.05) is 37.3 Å². The summed E-state index contributed by atoms with van der Waals surface area (Å²) in [4.78, 5) is 0. The van der Waals surface area contributed by atoms with E-state index in [2.05, 4.69) is 15.3 Å². The Morgan fingerprint density at radius 1 is 1.17 bits per heavy atom. The number of aryl methyl sites for hydroxylation is 1. The quantitative estimate of drug-likeness (QED) is 0.688. The first kappa shape index (κ1) is 10.7. The Labute approximate surface area is 104 Å². The van der Waals surface area contributed by atoms with Gasteiger partial charge < -0.3 is 4.74 Å². The molecule has 5 nitrogen and oxygen atoms in total. The van der Waals surface area contributed by atoms with E-state index in [9.17, 15) is 0 Å². The Hall–Kier alpha value is -2.43. The molecule has 0 unspecified atom stereocenters. The van der Waals surface area contributed by atoms with Crippen LogP contribution < -0.4 is 4.74 Å². The summed E-state index contributed by atoms with van der Waals surface area (Å²) in [6, 6.07) is 9.87. The van der Waals surface area contributed by atoms with Crippen LogP contribution in [0.5, 0.6) is 5.75 Å². The standard InChI is InChI=1S/C13H12N4O/c1-9-12(7-13-15-14-8-17(13)16-9)10-3-5-11(18-2)6-4-10/h3-8H,1-2H3. The van der Waals surface area contributed by atoms with Gasteiger partial charge in [0.2, 0.25) is 0 Å². The van der Waals surface area contributed by atoms with Crippen molar-refractivity contribution in [1.82, 2.24) is 19.8 Å². The lowest BCUT2D eigenvalue weighted by molar-refractivity contribution is 0.415. The van der Waals surface area contributed by atoms with Crippen LogP contribution in [0.3, 0.4) is 0 Å². The normalized spacial score (nSPS) is 10.8. The summed E-state index contributed by atoms with van der Waals surface area (Å²) in [5.74, 6) is 0.841. The Morgan fingerprint density at radius 2 is 1.94 bits per heavy atom. The van der Waals surface area contributed by atoms with Gasteiger partial charge in [-0.15, -0.1) is 10.2 Å². The van der Waals surface area contributed by atoms with E-state index in [0.717, 1.165) is 28.2 Å². The Kier molecular flexibility index (Phi) is 2.44. The maximum Gasteiger partial charge on any atom is 0.178 e. The third-order valence-corrected chi connectivity index (χ3v) is 2.88. The van der Waals surface area contributed by atoms with E-state index in [-0.39, 0.29) is 0 Å². The molecule has 0 atom stereocenters. The van der Waals surface area contributed by atoms with Crippen LogP contribution in [0.15, 0.2) is 36.7 Å². The first-order valence-electron chi connectivity index (χ1n) is 5.60. The van der Waals surface area contributed by atoms with Crippen molar-refractivity contribution in [3.05, 3.63) is 42.4 Å². The van der Waals surface area contributed by atoms with Crippen LogP contribution in [-0.4, -0.2) is 26.9 Å². The van der Waals surface area contributed by atoms with Gasteiger partial charge in [0.1, 0.15) is 12.1 Å². The van der Waals surface area contributed by atoms with E-state index in [1.165, 1.54) is 0 Å². The monoisotopic (exact) mass is 240 g/mol. The van der Waals surface area contributed by atoms with Crippen molar-refractivity contribution in [2.24, 2.45) is 0 Å². The molecule has 3 aromatic rings. The zero-order valence-electron chi connectivity index (χ0n) is 10.2. The molecule has 0 aliphatic carbocycles. The Bertz CT molecular complexity index is 688. The second kappa shape index (κ2) is 4.10. The predicted molar refractivity (Wildman–Crippen MR) is 67.5 cm³/mol. The summed E-state index contributed by atoms with van der Waals surface area (Å²) in [6.45, 7) is 1.97. The summed E-state index contributed by atoms with van der Waals surface area (Å²) >= 11 is 0. The van der Waals surface area contributed by atoms with Crippen molar-refractivity contribution in [3.8, 4) is 16.9 Å². The fourth-order valence-corrected chi connectivity index (χ4v) is 1.92. The topological polar surface area (TPSA) is 52.3 Å². The van der Waals surface area contributed by atoms with Gasteiger partial charge in [0.15, 0.2) is 5.65 Å². The highest BCUT2D eigenvalue weighted by Gasteiger charge is 2.07. The van der Waals surface area contributed by atoms with Crippen LogP contribution in [0.4, 0.5) is 0 Å². The number of methoxy groups -OCH3 is 1. The van der Waals surface area contributed by atoms with Gasteiger partial charge in [0, 0.05) is 5.56 Å². The third kappa shape index (κ3) is 1.69. The van der Waals surface area contributed by atoms with Gasteiger partial charge in [-0.1, -0.05) is 12.1 Å². The number of rotatable bonds is 2. The van der Waals surface area contributed by atoms with E-state index < -0.39 is 0 Å². The average molecular weight is 240 g/mol. The molecule has 0 radical (unpaired) electrons. The molecule has 3 rings (SSSR count). The highest BCUT2D eigenvalue weighted by Crippen LogP contribution is 2.25. The number of hydrogen-bond donors (Lipinski definition) is 0. The molecule has 0 saturated heterocycles. The first-order chi connectivity index (χ1) is 8.78. The summed E-state index contributed by atoms with van der Waals surface area (Å²) < 4.78 is 6.82. The highest BCUT2D eigenvalue weighted by atomic mass is 16.5. The second-order valence-corrected chi connectivity index (χ2v) is 4.01. The summed E-state index contributed by atoms with van der Waals surface area (Å²) in [6.07, 6.45) is 1.60. The molecule has 1 aromatic carbocycles. The van der Waals surface area contributed by atoms with E-state index >= 15 is 0 Å². The average Bonchev–Trinajstić information content (AvgIpc) is 2.85. The fraction of sp³-hybridized carbons (Fsp3) is 0.154. The summed E-state index contributed by atoms with van der Waals surface area (Å²) in [5.41, 5.74) is 3.82. The van der Waals surface area contributed by atoms with Gasteiger partial charge in [0.25, 0.3) is 0 Å². The van der Waals surface area contributed by atoms with Crippen molar-refractivity contribution in [3.63, 3.8) is 0 Å². The summed E-state index contributed by atoms with van der Waals surface area (Å²) in [5, 5.41) is 12.3. The molecular weight excluding hydrogens is 228 g/mol. The van der Waals surface area contributed by atoms with Crippen LogP contribution >= 0.6 is 0 Å². The fourth-order valence-electron chi connectivity index (χ4n) is 1.92. The highest BCUT2D eigenvalue weighted by molar-refractivity contribution is 5.69. The van der Waals surface area contributed by atoms with Gasteiger partial charge in [-0.05, 0) is 30.7 Å². The molecule has 90 valence electrons. The maximum absolute atomic E-state index is 5.15. The minimum atomic E-state index is 0.742. The lowest BCUT2D eigenvalue weighted by atomic mass is 10.1. The van der Waals surface area contributed by atoms with Crippen molar-refractivity contribution in [1.29, 1.82) is 0 Å². The van der Waals surface area contributed by atoms with Gasteiger partial charge in [-0.25, -0.2) is 4.52 Å². The van der Waals surface area contributed by atoms with Crippen LogP contribution in [0.2, 0.25) is 0 Å². The van der Waals surface area contributed by atoms with E-state index in [4.69, 9.17) is 4.74 Å². The molecule has 0 saturated carbocycles. The molecule has 0 spiro atoms. The smallest absolute Gasteiger partial charge is 0.178 e. The largest absolute Gasteiger partial charge is 0.497 e. The van der Waals surface area contributed by atoms with Crippen molar-refractivity contribution >= 4 is 5.65 Å². The zero-order valence-corrected chi connectivity index (χ0v) is 10.2. The number of benzene rings is 1. The summed E-state index contributed by atoms with van der Waals surface area (Å²) in [7, 11) is 1.66. The maximum atomic E-state index is 5.15. The van der Waals surface area contributed by atoms with Crippen molar-refractivity contribution < 1.29 is 4.74 Å². The molecule has 0 amide bonds. The zero-order chi connectivity index (χ0) is 12.5. The molecule has 2 heterocycles. The molecule has 18 heavy (non-hydrogen) atoms. The second-order valence-electron chi connectivity index (χ2n) is 4.01. The van der Waals surface area contributed by atoms with Crippen molar-refractivity contribution in [2.45, 2.75) is 6.92 Å². The number of hydrogen-bond acceptors (Lipinski definition) is 4. The minimum Gasteiger partial charge on any atom is -0.497 e. The van der Waals surface area contributed by atoms with Gasteiger partial charge >= 0.3 is 0 Å². The number of aromatic nitrogens is 4. The molecule has 5 heteroatoms. The first-order valence-corrected chi connectivity index (χ1v) is 5.60. The number of nitrogens with zero attached hydrogens (tertiary/aromatic N) is 4. The van der Waals surface area contributed by atoms with Gasteiger partial charge in [0.05, 0.1) is 12.8 Å². The Balaban J connectivity index is 2.14. The molecule has 0 bridgehead atoms. The molecule has 0 fully saturated rings. The number of fused-ring (bicyclic) bond motifs is 1. The van der Waals surface area contributed by atoms with E-state index in [0.29, 0.717) is 0 Å². The molecule has 0 aliphatic heterocycles. The number of ether oxygens (including phenoxy) is 1. The van der Waals surface area contributed by atoms with Gasteiger partial charge in [-0.2, -0.15) is 5.10 Å². The molecule has 0 aliphatic rings. The SMILES string of the molecule is COc1ccc(-c2cc3nncn3nc2C)cc1. The van der Waals surface area contributed by atoms with Gasteiger partial charge in [-0.3, -0.25) is 0 Å².